The van der Waals surface area contributed by atoms with Gasteiger partial charge in [-0.3, -0.25) is 4.79 Å². The average Bonchev–Trinajstić information content (AvgIpc) is 3.25. The van der Waals surface area contributed by atoms with Gasteiger partial charge < -0.3 is 9.80 Å². The minimum Gasteiger partial charge on any atom is -0.368 e. The summed E-state index contributed by atoms with van der Waals surface area (Å²) in [6.45, 7) is 4.99. The number of amides is 1. The van der Waals surface area contributed by atoms with Crippen LogP contribution < -0.4 is 4.90 Å². The highest BCUT2D eigenvalue weighted by molar-refractivity contribution is 5.93. The van der Waals surface area contributed by atoms with Gasteiger partial charge in [-0.25, -0.2) is 9.50 Å². The van der Waals surface area contributed by atoms with Crippen molar-refractivity contribution in [1.29, 1.82) is 0 Å². The van der Waals surface area contributed by atoms with Crippen LogP contribution >= 0.6 is 0 Å². The van der Waals surface area contributed by atoms with Gasteiger partial charge in [-0.15, -0.1) is 0 Å². The Labute approximate surface area is 175 Å². The summed E-state index contributed by atoms with van der Waals surface area (Å²) in [4.78, 5) is 22.0. The van der Waals surface area contributed by atoms with Gasteiger partial charge in [-0.2, -0.15) is 5.10 Å². The van der Waals surface area contributed by atoms with E-state index in [1.807, 2.05) is 66.4 Å². The van der Waals surface area contributed by atoms with Crippen molar-refractivity contribution in [3.8, 4) is 11.3 Å². The lowest BCUT2D eigenvalue weighted by Crippen LogP contribution is -2.48. The molecule has 0 bridgehead atoms. The second-order valence-corrected chi connectivity index (χ2v) is 7.56. The standard InChI is InChI=1S/C24H23N5O/c1-18-16-21(19-8-4-2-5-9-19)25-23-17-22(26-29(18)23)24(30)28-14-12-27(13-15-28)20-10-6-3-7-11-20/h2-11,16-17H,12-15H2,1H3. The molecule has 6 nitrogen and oxygen atoms in total. The maximum atomic E-state index is 13.1. The fraction of sp³-hybridized carbons (Fsp3) is 0.208. The number of hydrogen-bond acceptors (Lipinski definition) is 4. The van der Waals surface area contributed by atoms with Crippen molar-refractivity contribution < 1.29 is 4.79 Å². The van der Waals surface area contributed by atoms with Crippen LogP contribution in [0.2, 0.25) is 0 Å². The number of benzene rings is 2. The van der Waals surface area contributed by atoms with Gasteiger partial charge in [-0.1, -0.05) is 48.5 Å². The summed E-state index contributed by atoms with van der Waals surface area (Å²) in [5.74, 6) is -0.0335. The summed E-state index contributed by atoms with van der Waals surface area (Å²) in [6.07, 6.45) is 0. The fourth-order valence-electron chi connectivity index (χ4n) is 3.95. The third-order valence-corrected chi connectivity index (χ3v) is 5.58. The van der Waals surface area contributed by atoms with Gasteiger partial charge in [0.2, 0.25) is 0 Å². The van der Waals surface area contributed by atoms with E-state index in [0.29, 0.717) is 24.4 Å². The number of hydrogen-bond donors (Lipinski definition) is 0. The molecule has 1 aliphatic heterocycles. The monoisotopic (exact) mass is 397 g/mol. The molecule has 0 radical (unpaired) electrons. The third kappa shape index (κ3) is 3.41. The molecule has 4 aromatic rings. The molecule has 1 saturated heterocycles. The molecule has 0 saturated carbocycles. The van der Waals surface area contributed by atoms with Crippen LogP contribution in [0.25, 0.3) is 16.9 Å². The van der Waals surface area contributed by atoms with Gasteiger partial charge in [0, 0.05) is 49.2 Å². The number of anilines is 1. The Morgan fingerprint density at radius 3 is 2.23 bits per heavy atom. The minimum absolute atomic E-state index is 0.0335. The number of carbonyl (C=O) groups excluding carboxylic acids is 1. The second-order valence-electron chi connectivity index (χ2n) is 7.56. The van der Waals surface area contributed by atoms with Crippen molar-refractivity contribution in [1.82, 2.24) is 19.5 Å². The van der Waals surface area contributed by atoms with E-state index in [4.69, 9.17) is 4.98 Å². The van der Waals surface area contributed by atoms with E-state index in [2.05, 4.69) is 22.1 Å². The van der Waals surface area contributed by atoms with Gasteiger partial charge in [-0.05, 0) is 25.1 Å². The summed E-state index contributed by atoms with van der Waals surface area (Å²) < 4.78 is 1.75. The second kappa shape index (κ2) is 7.63. The largest absolute Gasteiger partial charge is 0.368 e. The van der Waals surface area contributed by atoms with Crippen LogP contribution in [-0.2, 0) is 0 Å². The van der Waals surface area contributed by atoms with Crippen molar-refractivity contribution >= 4 is 17.2 Å². The molecule has 0 unspecified atom stereocenters. The molecule has 1 aliphatic rings. The minimum atomic E-state index is -0.0335. The van der Waals surface area contributed by atoms with E-state index in [-0.39, 0.29) is 5.91 Å². The van der Waals surface area contributed by atoms with E-state index < -0.39 is 0 Å². The Balaban J connectivity index is 1.36. The lowest BCUT2D eigenvalue weighted by Gasteiger charge is -2.35. The smallest absolute Gasteiger partial charge is 0.274 e. The quantitative estimate of drug-likeness (QED) is 0.529. The van der Waals surface area contributed by atoms with Crippen LogP contribution in [0.1, 0.15) is 16.2 Å². The van der Waals surface area contributed by atoms with E-state index in [9.17, 15) is 4.79 Å². The maximum absolute atomic E-state index is 13.1. The van der Waals surface area contributed by atoms with Crippen molar-refractivity contribution in [2.45, 2.75) is 6.92 Å². The number of piperazine rings is 1. The molecule has 1 amide bonds. The molecule has 2 aromatic carbocycles. The molecule has 0 spiro atoms. The molecule has 5 rings (SSSR count). The lowest BCUT2D eigenvalue weighted by molar-refractivity contribution is 0.0740. The molecule has 6 heteroatoms. The molecular formula is C24H23N5O. The van der Waals surface area contributed by atoms with Crippen molar-refractivity contribution in [2.24, 2.45) is 0 Å². The number of nitrogens with zero attached hydrogens (tertiary/aromatic N) is 5. The molecule has 30 heavy (non-hydrogen) atoms. The Kier molecular flexibility index (Phi) is 4.67. The highest BCUT2D eigenvalue weighted by Crippen LogP contribution is 2.21. The summed E-state index contributed by atoms with van der Waals surface area (Å²) in [5, 5.41) is 4.55. The summed E-state index contributed by atoms with van der Waals surface area (Å²) in [6, 6.07) is 24.2. The molecule has 1 fully saturated rings. The van der Waals surface area contributed by atoms with E-state index in [1.165, 1.54) is 5.69 Å². The number of aromatic nitrogens is 3. The molecule has 2 aromatic heterocycles. The number of rotatable bonds is 3. The van der Waals surface area contributed by atoms with Crippen LogP contribution in [0.4, 0.5) is 5.69 Å². The van der Waals surface area contributed by atoms with E-state index in [0.717, 1.165) is 30.0 Å². The predicted octanol–water partition coefficient (Wildman–Crippen LogP) is 3.67. The highest BCUT2D eigenvalue weighted by atomic mass is 16.2. The molecule has 0 atom stereocenters. The maximum Gasteiger partial charge on any atom is 0.274 e. The summed E-state index contributed by atoms with van der Waals surface area (Å²) in [7, 11) is 0. The van der Waals surface area contributed by atoms with Gasteiger partial charge in [0.05, 0.1) is 5.69 Å². The summed E-state index contributed by atoms with van der Waals surface area (Å²) >= 11 is 0. The number of fused-ring (bicyclic) bond motifs is 1. The highest BCUT2D eigenvalue weighted by Gasteiger charge is 2.24. The molecule has 3 heterocycles. The molecule has 150 valence electrons. The van der Waals surface area contributed by atoms with Crippen LogP contribution in [0, 0.1) is 6.92 Å². The van der Waals surface area contributed by atoms with Crippen LogP contribution in [0.5, 0.6) is 0 Å². The van der Waals surface area contributed by atoms with Gasteiger partial charge in [0.1, 0.15) is 0 Å². The lowest BCUT2D eigenvalue weighted by atomic mass is 10.1. The zero-order valence-electron chi connectivity index (χ0n) is 16.9. The Bertz CT molecular complexity index is 1180. The predicted molar refractivity (Wildman–Crippen MR) is 118 cm³/mol. The van der Waals surface area contributed by atoms with E-state index >= 15 is 0 Å². The zero-order chi connectivity index (χ0) is 20.5. The van der Waals surface area contributed by atoms with Crippen molar-refractivity contribution in [2.75, 3.05) is 31.1 Å². The number of para-hydroxylation sites is 1. The third-order valence-electron chi connectivity index (χ3n) is 5.58. The first-order valence-corrected chi connectivity index (χ1v) is 10.2. The molecular weight excluding hydrogens is 374 g/mol. The first-order valence-electron chi connectivity index (χ1n) is 10.2. The number of aryl methyl sites for hydroxylation is 1. The normalized spacial score (nSPS) is 14.3. The van der Waals surface area contributed by atoms with Crippen molar-refractivity contribution in [3.05, 3.63) is 84.2 Å². The first-order chi connectivity index (χ1) is 14.7. The Morgan fingerprint density at radius 1 is 0.867 bits per heavy atom. The zero-order valence-corrected chi connectivity index (χ0v) is 16.9. The molecule has 0 N–H and O–H groups in total. The number of carbonyl (C=O) groups is 1. The van der Waals surface area contributed by atoms with Crippen molar-refractivity contribution in [3.63, 3.8) is 0 Å². The first kappa shape index (κ1) is 18.4. The van der Waals surface area contributed by atoms with Gasteiger partial charge >= 0.3 is 0 Å². The van der Waals surface area contributed by atoms with Gasteiger partial charge in [0.25, 0.3) is 5.91 Å². The summed E-state index contributed by atoms with van der Waals surface area (Å²) in [5.41, 5.74) is 5.23. The molecule has 0 aliphatic carbocycles. The van der Waals surface area contributed by atoms with Crippen LogP contribution in [-0.4, -0.2) is 51.6 Å². The van der Waals surface area contributed by atoms with Crippen LogP contribution in [0.15, 0.2) is 72.8 Å². The fourth-order valence-corrected chi connectivity index (χ4v) is 3.95. The Morgan fingerprint density at radius 2 is 1.53 bits per heavy atom. The average molecular weight is 397 g/mol. The van der Waals surface area contributed by atoms with E-state index in [1.54, 1.807) is 10.6 Å². The van der Waals surface area contributed by atoms with Gasteiger partial charge in [0.15, 0.2) is 11.3 Å². The SMILES string of the molecule is Cc1cc(-c2ccccc2)nc2cc(C(=O)N3CCN(c4ccccc4)CC3)nn12. The van der Waals surface area contributed by atoms with Crippen LogP contribution in [0.3, 0.4) is 0 Å². The Hall–Kier alpha value is -3.67. The topological polar surface area (TPSA) is 53.7 Å².